The van der Waals surface area contributed by atoms with E-state index in [2.05, 4.69) is 15.2 Å². The molecule has 0 unspecified atom stereocenters. The molecule has 2 heterocycles. The van der Waals surface area contributed by atoms with Gasteiger partial charge in [-0.25, -0.2) is 9.78 Å². The largest absolute Gasteiger partial charge is 0.445 e. The lowest BCUT2D eigenvalue weighted by Crippen LogP contribution is -2.49. The molecule has 1 fully saturated rings. The van der Waals surface area contributed by atoms with Crippen molar-refractivity contribution in [3.05, 3.63) is 54.2 Å². The molecule has 0 spiro atoms. The third kappa shape index (κ3) is 5.70. The predicted octanol–water partition coefficient (Wildman–Crippen LogP) is 3.53. The van der Waals surface area contributed by atoms with Crippen LogP contribution in [0.5, 0.6) is 0 Å². The maximum Gasteiger partial charge on any atom is 0.410 e. The van der Waals surface area contributed by atoms with Crippen LogP contribution in [0.25, 0.3) is 0 Å². The number of piperazine rings is 1. The van der Waals surface area contributed by atoms with E-state index in [4.69, 9.17) is 4.74 Å². The van der Waals surface area contributed by atoms with Crippen molar-refractivity contribution in [2.75, 3.05) is 36.4 Å². The lowest BCUT2D eigenvalue weighted by atomic mass is 9.96. The van der Waals surface area contributed by atoms with Crippen molar-refractivity contribution in [1.29, 1.82) is 0 Å². The number of anilines is 2. The van der Waals surface area contributed by atoms with Crippen LogP contribution in [0.1, 0.15) is 26.3 Å². The van der Waals surface area contributed by atoms with Gasteiger partial charge in [0.15, 0.2) is 0 Å². The number of carbonyl (C=O) groups excluding carboxylic acids is 2. The van der Waals surface area contributed by atoms with Crippen molar-refractivity contribution < 1.29 is 14.3 Å². The van der Waals surface area contributed by atoms with Crippen molar-refractivity contribution in [2.24, 2.45) is 5.41 Å². The van der Waals surface area contributed by atoms with Gasteiger partial charge in [-0.1, -0.05) is 51.1 Å². The normalized spacial score (nSPS) is 14.4. The Morgan fingerprint density at radius 2 is 1.72 bits per heavy atom. The van der Waals surface area contributed by atoms with Crippen LogP contribution in [0.15, 0.2) is 48.7 Å². The Labute approximate surface area is 171 Å². The SMILES string of the molecule is CC(C)(C)C(=O)Nc1ccc(N2CCN(C(=O)OCc3ccccc3)CC2)nc1. The van der Waals surface area contributed by atoms with Gasteiger partial charge < -0.3 is 19.9 Å². The molecule has 7 nitrogen and oxygen atoms in total. The number of carbonyl (C=O) groups is 2. The van der Waals surface area contributed by atoms with Gasteiger partial charge in [-0.3, -0.25) is 4.79 Å². The van der Waals surface area contributed by atoms with Crippen LogP contribution >= 0.6 is 0 Å². The number of aromatic nitrogens is 1. The fraction of sp³-hybridized carbons (Fsp3) is 0.409. The number of nitrogens with one attached hydrogen (secondary N) is 1. The van der Waals surface area contributed by atoms with Crippen LogP contribution < -0.4 is 10.2 Å². The Balaban J connectivity index is 1.47. The molecule has 2 amide bonds. The quantitative estimate of drug-likeness (QED) is 0.856. The zero-order chi connectivity index (χ0) is 20.9. The van der Waals surface area contributed by atoms with E-state index < -0.39 is 5.41 Å². The highest BCUT2D eigenvalue weighted by Crippen LogP contribution is 2.20. The first-order valence-electron chi connectivity index (χ1n) is 9.81. The fourth-order valence-corrected chi connectivity index (χ4v) is 2.89. The van der Waals surface area contributed by atoms with Crippen LogP contribution in [0.4, 0.5) is 16.3 Å². The van der Waals surface area contributed by atoms with Crippen molar-refractivity contribution >= 4 is 23.5 Å². The molecule has 0 atom stereocenters. The molecule has 0 bridgehead atoms. The number of pyridine rings is 1. The smallest absolute Gasteiger partial charge is 0.410 e. The zero-order valence-corrected chi connectivity index (χ0v) is 17.2. The summed E-state index contributed by atoms with van der Waals surface area (Å²) in [6, 6.07) is 13.4. The Bertz CT molecular complexity index is 823. The summed E-state index contributed by atoms with van der Waals surface area (Å²) in [7, 11) is 0. The van der Waals surface area contributed by atoms with Gasteiger partial charge in [0.2, 0.25) is 5.91 Å². The van der Waals surface area contributed by atoms with Crippen LogP contribution in [0.2, 0.25) is 0 Å². The summed E-state index contributed by atoms with van der Waals surface area (Å²) in [5, 5.41) is 2.87. The lowest BCUT2D eigenvalue weighted by molar-refractivity contribution is -0.123. The van der Waals surface area contributed by atoms with Crippen LogP contribution in [0.3, 0.4) is 0 Å². The Hall–Kier alpha value is -3.09. The zero-order valence-electron chi connectivity index (χ0n) is 17.2. The average molecular weight is 396 g/mol. The maximum absolute atomic E-state index is 12.3. The van der Waals surface area contributed by atoms with E-state index in [1.807, 2.05) is 63.2 Å². The second-order valence-corrected chi connectivity index (χ2v) is 8.12. The van der Waals surface area contributed by atoms with Gasteiger partial charge >= 0.3 is 6.09 Å². The molecule has 0 aliphatic carbocycles. The highest BCUT2D eigenvalue weighted by atomic mass is 16.6. The number of nitrogens with zero attached hydrogens (tertiary/aromatic N) is 3. The molecule has 7 heteroatoms. The van der Waals surface area contributed by atoms with E-state index in [9.17, 15) is 9.59 Å². The molecule has 1 aliphatic heterocycles. The van der Waals surface area contributed by atoms with Gasteiger partial charge in [0.05, 0.1) is 11.9 Å². The third-order valence-electron chi connectivity index (χ3n) is 4.75. The first-order valence-corrected chi connectivity index (χ1v) is 9.81. The van der Waals surface area contributed by atoms with Gasteiger partial charge in [-0.05, 0) is 17.7 Å². The summed E-state index contributed by atoms with van der Waals surface area (Å²) < 4.78 is 5.40. The molecule has 2 aromatic rings. The first-order chi connectivity index (χ1) is 13.8. The van der Waals surface area contributed by atoms with E-state index in [0.29, 0.717) is 31.9 Å². The second kappa shape index (κ2) is 8.94. The fourth-order valence-electron chi connectivity index (χ4n) is 2.89. The minimum atomic E-state index is -0.454. The van der Waals surface area contributed by atoms with Crippen LogP contribution in [-0.4, -0.2) is 48.1 Å². The minimum absolute atomic E-state index is 0.0466. The summed E-state index contributed by atoms with van der Waals surface area (Å²) in [5.74, 6) is 0.783. The molecule has 3 rings (SSSR count). The standard InChI is InChI=1S/C22H28N4O3/c1-22(2,3)20(27)24-18-9-10-19(23-15-18)25-11-13-26(14-12-25)21(28)29-16-17-7-5-4-6-8-17/h4-10,15H,11-14,16H2,1-3H3,(H,24,27). The maximum atomic E-state index is 12.3. The average Bonchev–Trinajstić information content (AvgIpc) is 2.73. The van der Waals surface area contributed by atoms with Crippen molar-refractivity contribution in [3.63, 3.8) is 0 Å². The number of ether oxygens (including phenoxy) is 1. The monoisotopic (exact) mass is 396 g/mol. The van der Waals surface area contributed by atoms with E-state index in [1.165, 1.54) is 0 Å². The molecule has 29 heavy (non-hydrogen) atoms. The van der Waals surface area contributed by atoms with Gasteiger partial charge in [0.25, 0.3) is 0 Å². The molecule has 154 valence electrons. The van der Waals surface area contributed by atoms with Gasteiger partial charge in [-0.2, -0.15) is 0 Å². The summed E-state index contributed by atoms with van der Waals surface area (Å²) in [4.78, 5) is 32.6. The van der Waals surface area contributed by atoms with Crippen LogP contribution in [-0.2, 0) is 16.1 Å². The molecule has 1 aliphatic rings. The number of rotatable bonds is 4. The molecule has 1 saturated heterocycles. The highest BCUT2D eigenvalue weighted by Gasteiger charge is 2.24. The summed E-state index contributed by atoms with van der Waals surface area (Å²) in [6.45, 7) is 8.42. The minimum Gasteiger partial charge on any atom is -0.445 e. The number of benzene rings is 1. The van der Waals surface area contributed by atoms with E-state index >= 15 is 0 Å². The second-order valence-electron chi connectivity index (χ2n) is 8.12. The van der Waals surface area contributed by atoms with Crippen molar-refractivity contribution in [2.45, 2.75) is 27.4 Å². The summed E-state index contributed by atoms with van der Waals surface area (Å²) in [6.07, 6.45) is 1.38. The topological polar surface area (TPSA) is 74.8 Å². The van der Waals surface area contributed by atoms with Crippen LogP contribution in [0, 0.1) is 5.41 Å². The first kappa shape index (κ1) is 20.6. The molecule has 0 saturated carbocycles. The van der Waals surface area contributed by atoms with Gasteiger partial charge in [0, 0.05) is 31.6 Å². The van der Waals surface area contributed by atoms with Gasteiger partial charge in [-0.15, -0.1) is 0 Å². The molecule has 1 aromatic carbocycles. The number of amides is 2. The lowest BCUT2D eigenvalue weighted by Gasteiger charge is -2.34. The highest BCUT2D eigenvalue weighted by molar-refractivity contribution is 5.94. The van der Waals surface area contributed by atoms with E-state index in [-0.39, 0.29) is 18.6 Å². The molecular formula is C22H28N4O3. The predicted molar refractivity (Wildman–Crippen MR) is 113 cm³/mol. The molecule has 0 radical (unpaired) electrons. The number of hydrogen-bond acceptors (Lipinski definition) is 5. The van der Waals surface area contributed by atoms with E-state index in [1.54, 1.807) is 11.1 Å². The van der Waals surface area contributed by atoms with Crippen molar-refractivity contribution in [1.82, 2.24) is 9.88 Å². The molecule has 1 N–H and O–H groups in total. The van der Waals surface area contributed by atoms with Crippen molar-refractivity contribution in [3.8, 4) is 0 Å². The molecule has 1 aromatic heterocycles. The molecular weight excluding hydrogens is 368 g/mol. The Kier molecular flexibility index (Phi) is 6.36. The summed E-state index contributed by atoms with van der Waals surface area (Å²) >= 11 is 0. The third-order valence-corrected chi connectivity index (χ3v) is 4.75. The number of hydrogen-bond donors (Lipinski definition) is 1. The van der Waals surface area contributed by atoms with Gasteiger partial charge in [0.1, 0.15) is 12.4 Å². The Morgan fingerprint density at radius 1 is 1.03 bits per heavy atom. The Morgan fingerprint density at radius 3 is 2.31 bits per heavy atom. The van der Waals surface area contributed by atoms with E-state index in [0.717, 1.165) is 11.4 Å². The summed E-state index contributed by atoms with van der Waals surface area (Å²) in [5.41, 5.74) is 1.20.